The molecule has 0 N–H and O–H groups in total. The predicted octanol–water partition coefficient (Wildman–Crippen LogP) is 9.20. The molecule has 1 aliphatic rings. The average Bonchev–Trinajstić information content (AvgIpc) is 3.30. The largest absolute Gasteiger partial charge is 0.494 e. The van der Waals surface area contributed by atoms with Crippen LogP contribution < -0.4 is 14.4 Å². The smallest absolute Gasteiger partial charge is 0.282 e. The van der Waals surface area contributed by atoms with Gasteiger partial charge in [-0.15, -0.1) is 0 Å². The third-order valence-corrected chi connectivity index (χ3v) is 7.30. The fourth-order valence-electron chi connectivity index (χ4n) is 4.47. The molecule has 0 fully saturated rings. The topological polar surface area (TPSA) is 51.1 Å². The van der Waals surface area contributed by atoms with Crippen LogP contribution in [-0.2, 0) is 4.79 Å². The number of amides is 1. The summed E-state index contributed by atoms with van der Waals surface area (Å²) in [6.45, 7) is 5.77. The number of hydrogen-bond acceptors (Lipinski definition) is 4. The Morgan fingerprint density at radius 1 is 0.725 bits per heavy atom. The van der Waals surface area contributed by atoms with Crippen LogP contribution in [0.4, 0.5) is 5.69 Å². The van der Waals surface area contributed by atoms with E-state index in [4.69, 9.17) is 14.5 Å². The van der Waals surface area contributed by atoms with Crippen LogP contribution in [-0.4, -0.2) is 25.0 Å². The molecule has 5 nitrogen and oxygen atoms in total. The van der Waals surface area contributed by atoms with Crippen LogP contribution in [0.3, 0.4) is 0 Å². The third kappa shape index (κ3) is 8.31. The van der Waals surface area contributed by atoms with Gasteiger partial charge in [-0.1, -0.05) is 80.4 Å². The van der Waals surface area contributed by atoms with E-state index in [1.165, 1.54) is 32.1 Å². The van der Waals surface area contributed by atoms with Crippen LogP contribution in [0.15, 0.2) is 88.0 Å². The Kier molecular flexibility index (Phi) is 11.4. The molecule has 0 aliphatic carbocycles. The van der Waals surface area contributed by atoms with Gasteiger partial charge in [-0.05, 0) is 85.1 Å². The van der Waals surface area contributed by atoms with Crippen molar-refractivity contribution in [1.29, 1.82) is 0 Å². The molecule has 0 bridgehead atoms. The molecular weight excluding hydrogens is 564 g/mol. The summed E-state index contributed by atoms with van der Waals surface area (Å²) < 4.78 is 12.8. The van der Waals surface area contributed by atoms with Gasteiger partial charge in [0.2, 0.25) is 0 Å². The van der Waals surface area contributed by atoms with E-state index in [9.17, 15) is 4.79 Å². The van der Waals surface area contributed by atoms with Crippen molar-refractivity contribution < 1.29 is 14.3 Å². The van der Waals surface area contributed by atoms with Crippen LogP contribution in [0.2, 0.25) is 0 Å². The molecule has 0 saturated heterocycles. The van der Waals surface area contributed by atoms with E-state index in [0.717, 1.165) is 52.0 Å². The van der Waals surface area contributed by atoms with Gasteiger partial charge < -0.3 is 9.47 Å². The highest BCUT2D eigenvalue weighted by Gasteiger charge is 2.32. The summed E-state index contributed by atoms with van der Waals surface area (Å²) in [5.41, 5.74) is 2.90. The summed E-state index contributed by atoms with van der Waals surface area (Å²) in [6.07, 6.45) is 11.3. The molecule has 6 heteroatoms. The van der Waals surface area contributed by atoms with Crippen LogP contribution in [0.5, 0.6) is 11.5 Å². The van der Waals surface area contributed by atoms with Gasteiger partial charge in [-0.3, -0.25) is 9.69 Å². The second-order valence-corrected chi connectivity index (χ2v) is 10.9. The van der Waals surface area contributed by atoms with Gasteiger partial charge in [-0.25, -0.2) is 4.99 Å². The zero-order valence-electron chi connectivity index (χ0n) is 23.6. The maximum atomic E-state index is 13.7. The van der Waals surface area contributed by atoms with E-state index in [1.54, 1.807) is 4.90 Å². The number of benzene rings is 3. The predicted molar refractivity (Wildman–Crippen MR) is 168 cm³/mol. The van der Waals surface area contributed by atoms with Crippen LogP contribution in [0.25, 0.3) is 6.08 Å². The quantitative estimate of drug-likeness (QED) is 0.129. The number of unbranched alkanes of at least 4 members (excludes halogenated alkanes) is 6. The zero-order chi connectivity index (χ0) is 28.2. The molecule has 0 unspecified atom stereocenters. The molecule has 0 spiro atoms. The second-order valence-electron chi connectivity index (χ2n) is 9.99. The Labute approximate surface area is 247 Å². The normalized spacial score (nSPS) is 14.1. The van der Waals surface area contributed by atoms with Crippen molar-refractivity contribution in [3.8, 4) is 11.5 Å². The van der Waals surface area contributed by atoms with Gasteiger partial charge >= 0.3 is 0 Å². The molecule has 3 aromatic carbocycles. The number of amidine groups is 1. The maximum absolute atomic E-state index is 13.7. The monoisotopic (exact) mass is 602 g/mol. The van der Waals surface area contributed by atoms with Crippen molar-refractivity contribution in [2.75, 3.05) is 18.1 Å². The molecule has 0 atom stereocenters. The van der Waals surface area contributed by atoms with Crippen LogP contribution in [0.1, 0.15) is 76.3 Å². The summed E-state index contributed by atoms with van der Waals surface area (Å²) in [5.74, 6) is 2.05. The van der Waals surface area contributed by atoms with E-state index >= 15 is 0 Å². The molecular formula is C34H39BrN2O3. The first-order valence-corrected chi connectivity index (χ1v) is 15.2. The Morgan fingerprint density at radius 3 is 1.95 bits per heavy atom. The summed E-state index contributed by atoms with van der Waals surface area (Å²) >= 11 is 3.47. The summed E-state index contributed by atoms with van der Waals surface area (Å²) in [5, 5.41) is 0. The van der Waals surface area contributed by atoms with Crippen LogP contribution in [0, 0.1) is 0 Å². The highest BCUT2D eigenvalue weighted by atomic mass is 79.9. The van der Waals surface area contributed by atoms with E-state index < -0.39 is 0 Å². The lowest BCUT2D eigenvalue weighted by molar-refractivity contribution is -0.113. The highest BCUT2D eigenvalue weighted by Crippen LogP contribution is 2.30. The summed E-state index contributed by atoms with van der Waals surface area (Å²) in [7, 11) is 0. The Balaban J connectivity index is 1.52. The SMILES string of the molecule is CCCCCCCCOc1ccc(N2C(=O)C(=Cc3ccc(Br)cc3)N=C2c2ccc(OCCCC)cc2)cc1. The van der Waals surface area contributed by atoms with Crippen LogP contribution >= 0.6 is 15.9 Å². The number of halogens is 1. The number of aliphatic imine (C=N–C) groups is 1. The number of carbonyl (C=O) groups excluding carboxylic acids is 1. The third-order valence-electron chi connectivity index (χ3n) is 6.77. The lowest BCUT2D eigenvalue weighted by atomic mass is 10.1. The fourth-order valence-corrected chi connectivity index (χ4v) is 4.73. The zero-order valence-corrected chi connectivity index (χ0v) is 25.2. The number of nitrogens with zero attached hydrogens (tertiary/aromatic N) is 2. The van der Waals surface area contributed by atoms with Crippen molar-refractivity contribution >= 4 is 39.4 Å². The molecule has 1 amide bonds. The first kappa shape index (κ1) is 29.6. The standard InChI is InChI=1S/C34H39BrN2O3/c1-3-5-7-8-9-10-24-40-31-21-17-29(18-22-31)37-33(27-13-19-30(20-14-27)39-23-6-4-2)36-32(34(37)38)25-26-11-15-28(35)16-12-26/h11-22,25H,3-10,23-24H2,1-2H3. The molecule has 210 valence electrons. The van der Waals surface area contributed by atoms with Gasteiger partial charge in [-0.2, -0.15) is 0 Å². The first-order chi connectivity index (χ1) is 19.6. The van der Waals surface area contributed by atoms with E-state index in [-0.39, 0.29) is 5.91 Å². The van der Waals surface area contributed by atoms with Crippen molar-refractivity contribution in [2.24, 2.45) is 4.99 Å². The molecule has 0 saturated carbocycles. The Bertz CT molecular complexity index is 1280. The van der Waals surface area contributed by atoms with Gasteiger partial charge in [0.25, 0.3) is 5.91 Å². The van der Waals surface area contributed by atoms with Crippen molar-refractivity contribution in [3.63, 3.8) is 0 Å². The molecule has 1 heterocycles. The van der Waals surface area contributed by atoms with Crippen molar-refractivity contribution in [3.05, 3.63) is 94.1 Å². The number of rotatable bonds is 15. The molecule has 4 rings (SSSR count). The second kappa shape index (κ2) is 15.4. The first-order valence-electron chi connectivity index (χ1n) is 14.5. The Hall–Kier alpha value is -3.38. The number of carbonyl (C=O) groups is 1. The lowest BCUT2D eigenvalue weighted by Crippen LogP contribution is -2.32. The minimum absolute atomic E-state index is 0.165. The van der Waals surface area contributed by atoms with E-state index in [1.807, 2.05) is 78.9 Å². The van der Waals surface area contributed by atoms with Gasteiger partial charge in [0.05, 0.1) is 18.9 Å². The number of hydrogen-bond donors (Lipinski definition) is 0. The van der Waals surface area contributed by atoms with Gasteiger partial charge in [0, 0.05) is 10.0 Å². The molecule has 3 aromatic rings. The Morgan fingerprint density at radius 2 is 1.30 bits per heavy atom. The summed E-state index contributed by atoms with van der Waals surface area (Å²) in [4.78, 5) is 20.2. The number of ether oxygens (including phenoxy) is 2. The molecule has 0 aromatic heterocycles. The molecule has 1 aliphatic heterocycles. The average molecular weight is 604 g/mol. The highest BCUT2D eigenvalue weighted by molar-refractivity contribution is 9.10. The van der Waals surface area contributed by atoms with Gasteiger partial charge in [0.1, 0.15) is 23.0 Å². The van der Waals surface area contributed by atoms with E-state index in [2.05, 4.69) is 29.8 Å². The summed E-state index contributed by atoms with van der Waals surface area (Å²) in [6, 6.07) is 23.3. The van der Waals surface area contributed by atoms with E-state index in [0.29, 0.717) is 24.7 Å². The molecule has 0 radical (unpaired) electrons. The van der Waals surface area contributed by atoms with Crippen molar-refractivity contribution in [1.82, 2.24) is 0 Å². The minimum Gasteiger partial charge on any atom is -0.494 e. The minimum atomic E-state index is -0.165. The maximum Gasteiger partial charge on any atom is 0.282 e. The van der Waals surface area contributed by atoms with Crippen molar-refractivity contribution in [2.45, 2.75) is 65.2 Å². The van der Waals surface area contributed by atoms with Gasteiger partial charge in [0.15, 0.2) is 0 Å². The molecule has 40 heavy (non-hydrogen) atoms. The fraction of sp³-hybridized carbons (Fsp3) is 0.353. The number of anilines is 1. The lowest BCUT2D eigenvalue weighted by Gasteiger charge is -2.19.